The summed E-state index contributed by atoms with van der Waals surface area (Å²) in [5, 5.41) is 0. The fraction of sp³-hybridized carbons (Fsp3) is 0.333. The first kappa shape index (κ1) is 21.3. The lowest BCUT2D eigenvalue weighted by Crippen LogP contribution is -2.33. The lowest BCUT2D eigenvalue weighted by molar-refractivity contribution is -0.00280. The minimum absolute atomic E-state index is 0.118. The Balaban J connectivity index is 1.91. The first-order valence-electron chi connectivity index (χ1n) is 8.72. The van der Waals surface area contributed by atoms with E-state index in [2.05, 4.69) is 6.58 Å². The summed E-state index contributed by atoms with van der Waals surface area (Å²) in [5.74, 6) is -0.320. The van der Waals surface area contributed by atoms with Gasteiger partial charge in [-0.3, -0.25) is 4.18 Å². The highest BCUT2D eigenvalue weighted by Crippen LogP contribution is 2.15. The van der Waals surface area contributed by atoms with E-state index in [0.29, 0.717) is 13.2 Å². The summed E-state index contributed by atoms with van der Waals surface area (Å²) in [6, 6.07) is 19.4. The molecule has 0 amide bonds. The second-order valence-electron chi connectivity index (χ2n) is 6.24. The van der Waals surface area contributed by atoms with Gasteiger partial charge in [0.05, 0.1) is 32.7 Å². The van der Waals surface area contributed by atoms with Crippen molar-refractivity contribution in [3.05, 3.63) is 84.4 Å². The van der Waals surface area contributed by atoms with Crippen molar-refractivity contribution in [1.82, 2.24) is 0 Å². The zero-order valence-corrected chi connectivity index (χ0v) is 16.3. The third kappa shape index (κ3) is 8.49. The van der Waals surface area contributed by atoms with Gasteiger partial charge in [0.2, 0.25) is 0 Å². The van der Waals surface area contributed by atoms with Crippen LogP contribution in [0, 0.1) is 5.92 Å². The standard InChI is InChI=1S/C21H26O5S/c1-3-20(16-24-14-18-10-6-4-7-11-18)21(26-27(2,22)23)17-25-15-19-12-8-5-9-13-19/h3-13,20-21H,1,14-17H2,2H3/t20-,21+/m1/s1. The van der Waals surface area contributed by atoms with Crippen LogP contribution in [0.3, 0.4) is 0 Å². The van der Waals surface area contributed by atoms with E-state index >= 15 is 0 Å². The monoisotopic (exact) mass is 390 g/mol. The van der Waals surface area contributed by atoms with Gasteiger partial charge in [0.15, 0.2) is 0 Å². The molecule has 0 radical (unpaired) electrons. The summed E-state index contributed by atoms with van der Waals surface area (Å²) < 4.78 is 39.9. The summed E-state index contributed by atoms with van der Waals surface area (Å²) in [6.45, 7) is 5.00. The smallest absolute Gasteiger partial charge is 0.264 e. The molecule has 0 bridgehead atoms. The van der Waals surface area contributed by atoms with Crippen LogP contribution in [-0.4, -0.2) is 34.0 Å². The van der Waals surface area contributed by atoms with E-state index in [1.165, 1.54) is 0 Å². The molecule has 0 saturated carbocycles. The number of rotatable bonds is 12. The van der Waals surface area contributed by atoms with Crippen LogP contribution in [0.5, 0.6) is 0 Å². The molecule has 0 N–H and O–H groups in total. The highest BCUT2D eigenvalue weighted by molar-refractivity contribution is 7.86. The van der Waals surface area contributed by atoms with Crippen LogP contribution >= 0.6 is 0 Å². The van der Waals surface area contributed by atoms with E-state index < -0.39 is 16.2 Å². The van der Waals surface area contributed by atoms with Crippen molar-refractivity contribution in [2.75, 3.05) is 19.5 Å². The fourth-order valence-corrected chi connectivity index (χ4v) is 3.18. The van der Waals surface area contributed by atoms with E-state index in [1.54, 1.807) is 6.08 Å². The van der Waals surface area contributed by atoms with E-state index in [1.807, 2.05) is 60.7 Å². The van der Waals surface area contributed by atoms with Crippen molar-refractivity contribution in [2.24, 2.45) is 5.92 Å². The van der Waals surface area contributed by atoms with Gasteiger partial charge in [-0.1, -0.05) is 66.7 Å². The zero-order chi connectivity index (χ0) is 19.5. The number of ether oxygens (including phenoxy) is 2. The van der Waals surface area contributed by atoms with Crippen molar-refractivity contribution < 1.29 is 22.1 Å². The molecule has 6 heteroatoms. The first-order chi connectivity index (χ1) is 13.0. The topological polar surface area (TPSA) is 61.8 Å². The molecular weight excluding hydrogens is 364 g/mol. The van der Waals surface area contributed by atoms with Crippen molar-refractivity contribution in [1.29, 1.82) is 0 Å². The number of hydrogen-bond donors (Lipinski definition) is 0. The van der Waals surface area contributed by atoms with Crippen LogP contribution in [0.4, 0.5) is 0 Å². The van der Waals surface area contributed by atoms with E-state index in [0.717, 1.165) is 17.4 Å². The van der Waals surface area contributed by atoms with Crippen LogP contribution < -0.4 is 0 Å². The van der Waals surface area contributed by atoms with E-state index in [-0.39, 0.29) is 19.1 Å². The van der Waals surface area contributed by atoms with Crippen LogP contribution in [0.1, 0.15) is 11.1 Å². The summed E-state index contributed by atoms with van der Waals surface area (Å²) in [4.78, 5) is 0. The normalized spacial score (nSPS) is 13.8. The maximum absolute atomic E-state index is 11.6. The molecule has 27 heavy (non-hydrogen) atoms. The lowest BCUT2D eigenvalue weighted by Gasteiger charge is -2.23. The molecule has 0 aliphatic rings. The Kier molecular flexibility index (Phi) is 8.67. The first-order valence-corrected chi connectivity index (χ1v) is 10.5. The van der Waals surface area contributed by atoms with Crippen molar-refractivity contribution >= 4 is 10.1 Å². The molecule has 2 rings (SSSR count). The average molecular weight is 391 g/mol. The quantitative estimate of drug-likeness (QED) is 0.410. The van der Waals surface area contributed by atoms with Gasteiger partial charge in [0, 0.05) is 5.92 Å². The van der Waals surface area contributed by atoms with Crippen LogP contribution in [0.15, 0.2) is 73.3 Å². The highest BCUT2D eigenvalue weighted by atomic mass is 32.2. The van der Waals surface area contributed by atoms with E-state index in [9.17, 15) is 8.42 Å². The van der Waals surface area contributed by atoms with Gasteiger partial charge in [0.25, 0.3) is 10.1 Å². The number of benzene rings is 2. The van der Waals surface area contributed by atoms with Crippen LogP contribution in [0.25, 0.3) is 0 Å². The van der Waals surface area contributed by atoms with Crippen molar-refractivity contribution in [3.63, 3.8) is 0 Å². The van der Waals surface area contributed by atoms with Crippen LogP contribution in [0.2, 0.25) is 0 Å². The van der Waals surface area contributed by atoms with Gasteiger partial charge in [-0.25, -0.2) is 0 Å². The van der Waals surface area contributed by atoms with Crippen molar-refractivity contribution in [2.45, 2.75) is 19.3 Å². The molecule has 2 aromatic rings. The molecule has 2 atom stereocenters. The second-order valence-corrected chi connectivity index (χ2v) is 7.84. The molecule has 0 spiro atoms. The predicted molar refractivity (Wildman–Crippen MR) is 106 cm³/mol. The third-order valence-electron chi connectivity index (χ3n) is 3.89. The Bertz CT molecular complexity index is 775. The molecule has 0 heterocycles. The Hall–Kier alpha value is -1.99. The van der Waals surface area contributed by atoms with Gasteiger partial charge in [-0.2, -0.15) is 8.42 Å². The summed E-state index contributed by atoms with van der Waals surface area (Å²) in [6.07, 6.45) is 1.98. The van der Waals surface area contributed by atoms with E-state index in [4.69, 9.17) is 13.7 Å². The summed E-state index contributed by atoms with van der Waals surface area (Å²) >= 11 is 0. The van der Waals surface area contributed by atoms with Crippen molar-refractivity contribution in [3.8, 4) is 0 Å². The number of hydrogen-bond acceptors (Lipinski definition) is 5. The molecule has 0 aliphatic carbocycles. The molecule has 0 saturated heterocycles. The third-order valence-corrected chi connectivity index (χ3v) is 4.49. The second kappa shape index (κ2) is 11.0. The van der Waals surface area contributed by atoms with Gasteiger partial charge >= 0.3 is 0 Å². The SMILES string of the molecule is C=C[C@H](COCc1ccccc1)[C@H](COCc1ccccc1)OS(C)(=O)=O. The highest BCUT2D eigenvalue weighted by Gasteiger charge is 2.24. The van der Waals surface area contributed by atoms with Crippen LogP contribution in [-0.2, 0) is 37.0 Å². The molecule has 0 fully saturated rings. The maximum atomic E-state index is 11.6. The molecule has 0 unspecified atom stereocenters. The predicted octanol–water partition coefficient (Wildman–Crippen LogP) is 3.57. The average Bonchev–Trinajstić information content (AvgIpc) is 2.65. The molecule has 5 nitrogen and oxygen atoms in total. The maximum Gasteiger partial charge on any atom is 0.264 e. The fourth-order valence-electron chi connectivity index (χ4n) is 2.53. The largest absolute Gasteiger partial charge is 0.376 e. The Morgan fingerprint density at radius 3 is 1.81 bits per heavy atom. The van der Waals surface area contributed by atoms with Gasteiger partial charge < -0.3 is 9.47 Å². The Morgan fingerprint density at radius 1 is 0.889 bits per heavy atom. The lowest BCUT2D eigenvalue weighted by atomic mass is 10.0. The zero-order valence-electron chi connectivity index (χ0n) is 15.5. The Labute approximate surface area is 161 Å². The van der Waals surface area contributed by atoms with Gasteiger partial charge in [0.1, 0.15) is 6.10 Å². The molecular formula is C21H26O5S. The van der Waals surface area contributed by atoms with Gasteiger partial charge in [-0.15, -0.1) is 6.58 Å². The summed E-state index contributed by atoms with van der Waals surface area (Å²) in [7, 11) is -3.63. The summed E-state index contributed by atoms with van der Waals surface area (Å²) in [5.41, 5.74) is 2.05. The molecule has 146 valence electrons. The Morgan fingerprint density at radius 2 is 1.37 bits per heavy atom. The molecule has 2 aromatic carbocycles. The van der Waals surface area contributed by atoms with Gasteiger partial charge in [-0.05, 0) is 11.1 Å². The minimum atomic E-state index is -3.63. The molecule has 0 aromatic heterocycles. The minimum Gasteiger partial charge on any atom is -0.376 e. The molecule has 0 aliphatic heterocycles.